The van der Waals surface area contributed by atoms with E-state index >= 15 is 0 Å². The Hall–Kier alpha value is -2.14. The van der Waals surface area contributed by atoms with E-state index in [1.165, 1.54) is 0 Å². The fraction of sp³-hybridized carbons (Fsp3) is 0. The van der Waals surface area contributed by atoms with E-state index in [1.807, 2.05) is 72.8 Å². The van der Waals surface area contributed by atoms with Crippen LogP contribution in [0.5, 0.6) is 0 Å². The van der Waals surface area contributed by atoms with Gasteiger partial charge in [-0.3, -0.25) is 0 Å². The lowest BCUT2D eigenvalue weighted by Gasteiger charge is -2.02. The average Bonchev–Trinajstić information content (AvgIpc) is 3.08. The predicted octanol–water partition coefficient (Wildman–Crippen LogP) is 7.45. The zero-order valence-corrected chi connectivity index (χ0v) is 17.0. The molecule has 0 spiro atoms. The third-order valence-corrected chi connectivity index (χ3v) is 5.08. The minimum absolute atomic E-state index is 0. The van der Waals surface area contributed by atoms with Crippen LogP contribution in [0.1, 0.15) is 0 Å². The summed E-state index contributed by atoms with van der Waals surface area (Å²) >= 11 is 7.69. The fourth-order valence-corrected chi connectivity index (χ4v) is 3.75. The lowest BCUT2D eigenvalue weighted by molar-refractivity contribution is 1.38. The van der Waals surface area contributed by atoms with Gasteiger partial charge in [-0.05, 0) is 29.8 Å². The largest absolute Gasteiger partial charge is 0.332 e. The van der Waals surface area contributed by atoms with Crippen LogP contribution in [0.25, 0.3) is 21.7 Å². The van der Waals surface area contributed by atoms with Crippen LogP contribution in [0, 0.1) is 0 Å². The Balaban J connectivity index is 0.00000196. The van der Waals surface area contributed by atoms with Gasteiger partial charge in [0.05, 0.1) is 10.6 Å². The van der Waals surface area contributed by atoms with Crippen LogP contribution in [-0.4, -0.2) is 4.98 Å². The van der Waals surface area contributed by atoms with Gasteiger partial charge in [-0.1, -0.05) is 83.6 Å². The Morgan fingerprint density at radius 1 is 0.731 bits per heavy atom. The van der Waals surface area contributed by atoms with Crippen molar-refractivity contribution in [2.75, 3.05) is 5.32 Å². The third kappa shape index (κ3) is 4.15. The Morgan fingerprint density at radius 3 is 2.00 bits per heavy atom. The lowest BCUT2D eigenvalue weighted by Crippen LogP contribution is -1.88. The molecule has 0 atom stereocenters. The smallest absolute Gasteiger partial charge is 0.188 e. The minimum Gasteiger partial charge on any atom is -0.332 e. The van der Waals surface area contributed by atoms with Crippen molar-refractivity contribution in [3.8, 4) is 21.7 Å². The van der Waals surface area contributed by atoms with Crippen molar-refractivity contribution in [3.63, 3.8) is 0 Å². The molecular weight excluding hydrogens is 428 g/mol. The monoisotopic (exact) mass is 442 g/mol. The molecule has 1 N–H and O–H groups in total. The molecule has 0 aliphatic carbocycles. The van der Waals surface area contributed by atoms with Crippen LogP contribution in [0.2, 0.25) is 5.02 Å². The molecule has 0 unspecified atom stereocenters. The second-order valence-corrected chi connectivity index (χ2v) is 7.00. The zero-order valence-electron chi connectivity index (χ0n) is 13.7. The first-order valence-corrected chi connectivity index (χ1v) is 9.13. The highest BCUT2D eigenvalue weighted by atomic mass is 79.9. The molecule has 130 valence electrons. The van der Waals surface area contributed by atoms with Crippen molar-refractivity contribution < 1.29 is 0 Å². The van der Waals surface area contributed by atoms with Gasteiger partial charge >= 0.3 is 0 Å². The third-order valence-electron chi connectivity index (χ3n) is 3.81. The maximum atomic E-state index is 6.04. The summed E-state index contributed by atoms with van der Waals surface area (Å²) in [5.74, 6) is 0. The van der Waals surface area contributed by atoms with Crippen molar-refractivity contribution in [2.45, 2.75) is 0 Å². The average molecular weight is 444 g/mol. The molecule has 0 radical (unpaired) electrons. The van der Waals surface area contributed by atoms with Gasteiger partial charge < -0.3 is 5.32 Å². The van der Waals surface area contributed by atoms with Gasteiger partial charge in [0, 0.05) is 16.3 Å². The molecule has 4 aromatic rings. The number of thiazole rings is 1. The molecular formula is C21H16BrClN2S. The first kappa shape index (κ1) is 18.6. The summed E-state index contributed by atoms with van der Waals surface area (Å²) in [6, 6.07) is 28.2. The highest BCUT2D eigenvalue weighted by Gasteiger charge is 2.15. The van der Waals surface area contributed by atoms with Gasteiger partial charge in [0.15, 0.2) is 5.13 Å². The van der Waals surface area contributed by atoms with Crippen LogP contribution in [0.4, 0.5) is 10.8 Å². The molecule has 0 amide bonds. The van der Waals surface area contributed by atoms with Crippen LogP contribution < -0.4 is 5.32 Å². The van der Waals surface area contributed by atoms with Gasteiger partial charge in [0.2, 0.25) is 0 Å². The van der Waals surface area contributed by atoms with Crippen molar-refractivity contribution in [3.05, 3.63) is 90.0 Å². The molecule has 0 saturated heterocycles. The van der Waals surface area contributed by atoms with Gasteiger partial charge in [-0.2, -0.15) is 0 Å². The molecule has 0 bridgehead atoms. The first-order chi connectivity index (χ1) is 12.3. The summed E-state index contributed by atoms with van der Waals surface area (Å²) in [7, 11) is 0. The van der Waals surface area contributed by atoms with E-state index in [2.05, 4.69) is 17.4 Å². The van der Waals surface area contributed by atoms with Gasteiger partial charge in [-0.15, -0.1) is 17.0 Å². The van der Waals surface area contributed by atoms with Gasteiger partial charge in [0.1, 0.15) is 0 Å². The molecule has 4 rings (SSSR count). The number of hydrogen-bond donors (Lipinski definition) is 1. The first-order valence-electron chi connectivity index (χ1n) is 7.94. The lowest BCUT2D eigenvalue weighted by atomic mass is 10.1. The van der Waals surface area contributed by atoms with Crippen LogP contribution in [0.15, 0.2) is 84.9 Å². The Kier molecular flexibility index (Phi) is 6.09. The number of nitrogens with zero attached hydrogens (tertiary/aromatic N) is 1. The van der Waals surface area contributed by atoms with Gasteiger partial charge in [-0.25, -0.2) is 4.98 Å². The fourth-order valence-electron chi connectivity index (χ4n) is 2.61. The Bertz CT molecular complexity index is 970. The van der Waals surface area contributed by atoms with Crippen LogP contribution >= 0.6 is 39.9 Å². The molecule has 0 aliphatic rings. The molecule has 1 aromatic heterocycles. The molecule has 2 nitrogen and oxygen atoms in total. The normalized spacial score (nSPS) is 10.2. The van der Waals surface area contributed by atoms with Crippen molar-refractivity contribution in [1.29, 1.82) is 0 Å². The summed E-state index contributed by atoms with van der Waals surface area (Å²) in [4.78, 5) is 5.99. The highest BCUT2D eigenvalue weighted by molar-refractivity contribution is 8.93. The quantitative estimate of drug-likeness (QED) is 0.354. The Labute approximate surface area is 172 Å². The van der Waals surface area contributed by atoms with Crippen molar-refractivity contribution >= 4 is 50.7 Å². The number of anilines is 2. The number of nitrogens with one attached hydrogen (secondary N) is 1. The number of para-hydroxylation sites is 1. The van der Waals surface area contributed by atoms with E-state index in [9.17, 15) is 0 Å². The second kappa shape index (κ2) is 8.49. The topological polar surface area (TPSA) is 24.9 Å². The summed E-state index contributed by atoms with van der Waals surface area (Å²) in [5, 5.41) is 4.99. The molecule has 0 aliphatic heterocycles. The van der Waals surface area contributed by atoms with Crippen molar-refractivity contribution in [2.24, 2.45) is 0 Å². The second-order valence-electron chi connectivity index (χ2n) is 5.56. The van der Waals surface area contributed by atoms with E-state index in [1.54, 1.807) is 11.3 Å². The van der Waals surface area contributed by atoms with Crippen molar-refractivity contribution in [1.82, 2.24) is 4.98 Å². The van der Waals surface area contributed by atoms with E-state index < -0.39 is 0 Å². The highest BCUT2D eigenvalue weighted by Crippen LogP contribution is 2.40. The number of halogens is 2. The maximum Gasteiger partial charge on any atom is 0.188 e. The summed E-state index contributed by atoms with van der Waals surface area (Å²) in [5.41, 5.74) is 4.21. The summed E-state index contributed by atoms with van der Waals surface area (Å²) < 4.78 is 0. The van der Waals surface area contributed by atoms with E-state index in [0.29, 0.717) is 0 Å². The molecule has 0 fully saturated rings. The number of aromatic nitrogens is 1. The molecule has 3 aromatic carbocycles. The SMILES string of the molecule is Br.Clc1ccc(-c2nc(Nc3ccccc3)sc2-c2ccccc2)cc1. The molecule has 5 heteroatoms. The molecule has 26 heavy (non-hydrogen) atoms. The zero-order chi connectivity index (χ0) is 17.1. The standard InChI is InChI=1S/C21H15ClN2S.BrH/c22-17-13-11-15(12-14-17)19-20(16-7-3-1-4-8-16)25-21(24-19)23-18-9-5-2-6-10-18;/h1-14H,(H,23,24);1H. The number of rotatable bonds is 4. The summed E-state index contributed by atoms with van der Waals surface area (Å²) in [6.07, 6.45) is 0. The van der Waals surface area contributed by atoms with Crippen LogP contribution in [0.3, 0.4) is 0 Å². The van der Waals surface area contributed by atoms with Crippen LogP contribution in [-0.2, 0) is 0 Å². The minimum atomic E-state index is 0. The molecule has 1 heterocycles. The molecule has 0 saturated carbocycles. The van der Waals surface area contributed by atoms with E-state index in [-0.39, 0.29) is 17.0 Å². The summed E-state index contributed by atoms with van der Waals surface area (Å²) in [6.45, 7) is 0. The number of hydrogen-bond acceptors (Lipinski definition) is 3. The van der Waals surface area contributed by atoms with Gasteiger partial charge in [0.25, 0.3) is 0 Å². The Morgan fingerprint density at radius 2 is 1.35 bits per heavy atom. The van der Waals surface area contributed by atoms with E-state index in [4.69, 9.17) is 16.6 Å². The predicted molar refractivity (Wildman–Crippen MR) is 118 cm³/mol. The number of benzene rings is 3. The van der Waals surface area contributed by atoms with E-state index in [0.717, 1.165) is 37.5 Å². The maximum absolute atomic E-state index is 6.04.